The van der Waals surface area contributed by atoms with Gasteiger partial charge in [-0.25, -0.2) is 4.99 Å². The fourth-order valence-corrected chi connectivity index (χ4v) is 3.03. The Balaban J connectivity index is 2.15. The van der Waals surface area contributed by atoms with E-state index in [1.165, 1.54) is 16.7 Å². The van der Waals surface area contributed by atoms with Crippen molar-refractivity contribution in [3.05, 3.63) is 76.9 Å². The Morgan fingerprint density at radius 1 is 1.00 bits per heavy atom. The first-order valence-corrected chi connectivity index (χ1v) is 7.10. The molecule has 0 saturated heterocycles. The van der Waals surface area contributed by atoms with Gasteiger partial charge in [0.25, 0.3) is 0 Å². The van der Waals surface area contributed by atoms with Gasteiger partial charge < -0.3 is 11.5 Å². The maximum absolute atomic E-state index is 5.58. The van der Waals surface area contributed by atoms with E-state index in [2.05, 4.69) is 54.4 Å². The standard InChI is InChI=1S/C18H19N3/c1-12-11-16(13-7-3-2-4-8-13)14-9-5-6-10-15(14)17(12)21-18(19)20/h2-10,16H,11H2,1H3,(H4,19,20,21). The van der Waals surface area contributed by atoms with Crippen LogP contribution < -0.4 is 11.5 Å². The minimum atomic E-state index is 0.109. The van der Waals surface area contributed by atoms with Crippen LogP contribution in [0.1, 0.15) is 36.0 Å². The van der Waals surface area contributed by atoms with Crippen molar-refractivity contribution in [2.24, 2.45) is 16.5 Å². The van der Waals surface area contributed by atoms with E-state index >= 15 is 0 Å². The lowest BCUT2D eigenvalue weighted by molar-refractivity contribution is 0.777. The van der Waals surface area contributed by atoms with E-state index in [1.54, 1.807) is 0 Å². The van der Waals surface area contributed by atoms with Crippen molar-refractivity contribution in [2.45, 2.75) is 19.3 Å². The van der Waals surface area contributed by atoms with Gasteiger partial charge in [0.2, 0.25) is 0 Å². The van der Waals surface area contributed by atoms with Gasteiger partial charge in [0.1, 0.15) is 0 Å². The van der Waals surface area contributed by atoms with Crippen LogP contribution in [0, 0.1) is 0 Å². The smallest absolute Gasteiger partial charge is 0.191 e. The molecule has 0 bridgehead atoms. The number of benzene rings is 2. The van der Waals surface area contributed by atoms with Crippen LogP contribution in [0.5, 0.6) is 0 Å². The second-order valence-corrected chi connectivity index (χ2v) is 5.42. The predicted octanol–water partition coefficient (Wildman–Crippen LogP) is 3.23. The molecule has 1 aliphatic carbocycles. The molecular formula is C18H19N3. The number of rotatable bonds is 2. The first kappa shape index (κ1) is 13.4. The van der Waals surface area contributed by atoms with Crippen molar-refractivity contribution in [2.75, 3.05) is 0 Å². The molecule has 1 aliphatic rings. The summed E-state index contributed by atoms with van der Waals surface area (Å²) < 4.78 is 0. The Morgan fingerprint density at radius 3 is 2.38 bits per heavy atom. The van der Waals surface area contributed by atoms with E-state index in [-0.39, 0.29) is 5.96 Å². The van der Waals surface area contributed by atoms with Crippen LogP contribution in [0.3, 0.4) is 0 Å². The molecule has 3 nitrogen and oxygen atoms in total. The average Bonchev–Trinajstić information content (AvgIpc) is 2.50. The Kier molecular flexibility index (Phi) is 3.48. The molecule has 0 amide bonds. The molecule has 3 rings (SSSR count). The predicted molar refractivity (Wildman–Crippen MR) is 87.7 cm³/mol. The quantitative estimate of drug-likeness (QED) is 0.654. The third kappa shape index (κ3) is 2.55. The number of aliphatic imine (C=N–C) groups is 1. The number of fused-ring (bicyclic) bond motifs is 1. The van der Waals surface area contributed by atoms with Crippen molar-refractivity contribution >= 4 is 11.7 Å². The van der Waals surface area contributed by atoms with Crippen LogP contribution in [0.25, 0.3) is 5.70 Å². The molecule has 0 radical (unpaired) electrons. The second-order valence-electron chi connectivity index (χ2n) is 5.42. The van der Waals surface area contributed by atoms with Crippen LogP contribution in [-0.4, -0.2) is 5.96 Å². The molecule has 0 saturated carbocycles. The molecule has 1 unspecified atom stereocenters. The molecule has 106 valence electrons. The summed E-state index contributed by atoms with van der Waals surface area (Å²) in [5.41, 5.74) is 17.0. The van der Waals surface area contributed by atoms with E-state index in [9.17, 15) is 0 Å². The normalized spacial score (nSPS) is 17.3. The molecule has 3 heteroatoms. The Labute approximate surface area is 125 Å². The van der Waals surface area contributed by atoms with Crippen LogP contribution >= 0.6 is 0 Å². The first-order valence-electron chi connectivity index (χ1n) is 7.10. The van der Waals surface area contributed by atoms with Gasteiger partial charge in [-0.15, -0.1) is 0 Å². The fourth-order valence-electron chi connectivity index (χ4n) is 3.03. The molecule has 2 aromatic carbocycles. The summed E-state index contributed by atoms with van der Waals surface area (Å²) >= 11 is 0. The summed E-state index contributed by atoms with van der Waals surface area (Å²) in [5, 5.41) is 0. The molecular weight excluding hydrogens is 258 g/mol. The van der Waals surface area contributed by atoms with Crippen molar-refractivity contribution in [3.8, 4) is 0 Å². The Morgan fingerprint density at radius 2 is 1.67 bits per heavy atom. The zero-order chi connectivity index (χ0) is 14.8. The highest BCUT2D eigenvalue weighted by atomic mass is 15.0. The van der Waals surface area contributed by atoms with Crippen LogP contribution in [-0.2, 0) is 0 Å². The molecule has 0 aromatic heterocycles. The van der Waals surface area contributed by atoms with Gasteiger partial charge in [-0.05, 0) is 30.0 Å². The average molecular weight is 277 g/mol. The van der Waals surface area contributed by atoms with Gasteiger partial charge >= 0.3 is 0 Å². The minimum Gasteiger partial charge on any atom is -0.370 e. The van der Waals surface area contributed by atoms with Gasteiger partial charge in [0.15, 0.2) is 5.96 Å². The molecule has 1 atom stereocenters. The van der Waals surface area contributed by atoms with E-state index in [4.69, 9.17) is 11.5 Å². The topological polar surface area (TPSA) is 64.4 Å². The third-order valence-corrected chi connectivity index (χ3v) is 3.95. The number of hydrogen-bond acceptors (Lipinski definition) is 1. The maximum Gasteiger partial charge on any atom is 0.191 e. The van der Waals surface area contributed by atoms with Gasteiger partial charge in [0, 0.05) is 11.5 Å². The minimum absolute atomic E-state index is 0.109. The van der Waals surface area contributed by atoms with E-state index in [0.29, 0.717) is 5.92 Å². The van der Waals surface area contributed by atoms with Gasteiger partial charge in [-0.1, -0.05) is 54.6 Å². The summed E-state index contributed by atoms with van der Waals surface area (Å²) in [6.45, 7) is 2.10. The lowest BCUT2D eigenvalue weighted by Gasteiger charge is -2.27. The van der Waals surface area contributed by atoms with Crippen molar-refractivity contribution < 1.29 is 0 Å². The van der Waals surface area contributed by atoms with Gasteiger partial charge in [-0.2, -0.15) is 0 Å². The zero-order valence-electron chi connectivity index (χ0n) is 12.1. The highest BCUT2D eigenvalue weighted by Crippen LogP contribution is 2.42. The monoisotopic (exact) mass is 277 g/mol. The SMILES string of the molecule is CC1=C(N=C(N)N)c2ccccc2C(c2ccccc2)C1. The highest BCUT2D eigenvalue weighted by molar-refractivity contribution is 5.86. The van der Waals surface area contributed by atoms with Gasteiger partial charge in [0.05, 0.1) is 5.70 Å². The molecule has 0 heterocycles. The van der Waals surface area contributed by atoms with E-state index in [1.807, 2.05) is 12.1 Å². The number of hydrogen-bond donors (Lipinski definition) is 2. The third-order valence-electron chi connectivity index (χ3n) is 3.95. The summed E-state index contributed by atoms with van der Waals surface area (Å²) in [4.78, 5) is 4.34. The lowest BCUT2D eigenvalue weighted by Crippen LogP contribution is -2.23. The van der Waals surface area contributed by atoms with Crippen molar-refractivity contribution in [3.63, 3.8) is 0 Å². The van der Waals surface area contributed by atoms with E-state index < -0.39 is 0 Å². The molecule has 0 spiro atoms. The van der Waals surface area contributed by atoms with Gasteiger partial charge in [-0.3, -0.25) is 0 Å². The zero-order valence-corrected chi connectivity index (χ0v) is 12.1. The van der Waals surface area contributed by atoms with Crippen molar-refractivity contribution in [1.29, 1.82) is 0 Å². The first-order chi connectivity index (χ1) is 10.2. The largest absolute Gasteiger partial charge is 0.370 e. The lowest BCUT2D eigenvalue weighted by atomic mass is 9.78. The summed E-state index contributed by atoms with van der Waals surface area (Å²) in [6.07, 6.45) is 0.938. The molecule has 21 heavy (non-hydrogen) atoms. The Bertz CT molecular complexity index is 710. The number of allylic oxidation sites excluding steroid dienone is 1. The molecule has 4 N–H and O–H groups in total. The molecule has 0 aliphatic heterocycles. The van der Waals surface area contributed by atoms with Crippen molar-refractivity contribution in [1.82, 2.24) is 0 Å². The van der Waals surface area contributed by atoms with E-state index in [0.717, 1.165) is 17.7 Å². The highest BCUT2D eigenvalue weighted by Gasteiger charge is 2.25. The summed E-state index contributed by atoms with van der Waals surface area (Å²) in [5.74, 6) is 0.470. The summed E-state index contributed by atoms with van der Waals surface area (Å²) in [7, 11) is 0. The molecule has 2 aromatic rings. The summed E-state index contributed by atoms with van der Waals surface area (Å²) in [6, 6.07) is 18.9. The number of guanidine groups is 1. The van der Waals surface area contributed by atoms with Crippen LogP contribution in [0.2, 0.25) is 0 Å². The Hall–Kier alpha value is -2.55. The van der Waals surface area contributed by atoms with Crippen LogP contribution in [0.15, 0.2) is 65.2 Å². The molecule has 0 fully saturated rings. The number of nitrogens with two attached hydrogens (primary N) is 2. The maximum atomic E-state index is 5.58. The number of nitrogens with zero attached hydrogens (tertiary/aromatic N) is 1. The second kappa shape index (κ2) is 5.44. The van der Waals surface area contributed by atoms with Crippen LogP contribution in [0.4, 0.5) is 0 Å². The fraction of sp³-hybridized carbons (Fsp3) is 0.167.